The number of fused-ring (bicyclic) bond motifs is 1. The van der Waals surface area contributed by atoms with Crippen LogP contribution >= 0.6 is 11.6 Å². The van der Waals surface area contributed by atoms with Gasteiger partial charge in [0, 0.05) is 5.56 Å². The lowest BCUT2D eigenvalue weighted by molar-refractivity contribution is 0.0123. The Hall–Kier alpha value is -1.06. The van der Waals surface area contributed by atoms with E-state index in [0.29, 0.717) is 12.2 Å². The average Bonchev–Trinajstić information content (AvgIpc) is 2.54. The number of hydrogen-bond acceptors (Lipinski definition) is 3. The van der Waals surface area contributed by atoms with Gasteiger partial charge in [-0.15, -0.1) is 0 Å². The van der Waals surface area contributed by atoms with Crippen molar-refractivity contribution in [2.75, 3.05) is 12.7 Å². The first-order chi connectivity index (χ1) is 6.83. The minimum atomic E-state index is -0.308. The molecule has 0 radical (unpaired) electrons. The largest absolute Gasteiger partial charge is 0.451 e. The predicted molar refractivity (Wildman–Crippen MR) is 51.3 cm³/mol. The molecule has 0 saturated heterocycles. The number of carbonyl (C=O) groups is 1. The van der Waals surface area contributed by atoms with Crippen LogP contribution in [0, 0.1) is 0 Å². The van der Waals surface area contributed by atoms with Gasteiger partial charge in [0.15, 0.2) is 6.10 Å². The first-order valence-corrected chi connectivity index (χ1v) is 4.80. The van der Waals surface area contributed by atoms with E-state index in [1.54, 1.807) is 6.07 Å². The Balaban J connectivity index is 2.21. The van der Waals surface area contributed by atoms with E-state index < -0.39 is 0 Å². The van der Waals surface area contributed by atoms with E-state index in [1.807, 2.05) is 18.2 Å². The first-order valence-electron chi connectivity index (χ1n) is 4.26. The molecular formula is C10H9ClO3. The SMILES string of the molecule is O=C1OC(COCCl)c2ccccc21. The Morgan fingerprint density at radius 2 is 2.21 bits per heavy atom. The Morgan fingerprint density at radius 3 is 3.00 bits per heavy atom. The molecule has 14 heavy (non-hydrogen) atoms. The van der Waals surface area contributed by atoms with Gasteiger partial charge in [-0.3, -0.25) is 0 Å². The number of ether oxygens (including phenoxy) is 2. The maximum absolute atomic E-state index is 11.3. The average molecular weight is 213 g/mol. The quantitative estimate of drug-likeness (QED) is 0.569. The zero-order valence-electron chi connectivity index (χ0n) is 7.40. The van der Waals surface area contributed by atoms with Gasteiger partial charge in [0.2, 0.25) is 0 Å². The van der Waals surface area contributed by atoms with Gasteiger partial charge in [-0.05, 0) is 6.07 Å². The smallest absolute Gasteiger partial charge is 0.339 e. The number of halogens is 1. The van der Waals surface area contributed by atoms with Crippen LogP contribution in [0.2, 0.25) is 0 Å². The highest BCUT2D eigenvalue weighted by Gasteiger charge is 2.30. The second-order valence-electron chi connectivity index (χ2n) is 2.96. The highest BCUT2D eigenvalue weighted by Crippen LogP contribution is 2.30. The van der Waals surface area contributed by atoms with Crippen LogP contribution in [0.4, 0.5) is 0 Å². The van der Waals surface area contributed by atoms with Gasteiger partial charge in [-0.2, -0.15) is 0 Å². The van der Waals surface area contributed by atoms with Crippen LogP contribution < -0.4 is 0 Å². The third-order valence-corrected chi connectivity index (χ3v) is 2.28. The Kier molecular flexibility index (Phi) is 2.70. The molecule has 74 valence electrons. The number of cyclic esters (lactones) is 1. The van der Waals surface area contributed by atoms with E-state index in [4.69, 9.17) is 21.1 Å². The second-order valence-corrected chi connectivity index (χ2v) is 3.18. The summed E-state index contributed by atoms with van der Waals surface area (Å²) in [5, 5.41) is 0. The summed E-state index contributed by atoms with van der Waals surface area (Å²) in [4.78, 5) is 11.3. The normalized spacial score (nSPS) is 19.2. The summed E-state index contributed by atoms with van der Waals surface area (Å²) >= 11 is 5.38. The Labute approximate surface area is 86.6 Å². The molecule has 0 aromatic heterocycles. The molecule has 1 unspecified atom stereocenters. The van der Waals surface area contributed by atoms with E-state index in [0.717, 1.165) is 5.56 Å². The summed E-state index contributed by atoms with van der Waals surface area (Å²) in [7, 11) is 0. The third-order valence-electron chi connectivity index (χ3n) is 2.12. The van der Waals surface area contributed by atoms with Crippen molar-refractivity contribution >= 4 is 17.6 Å². The van der Waals surface area contributed by atoms with E-state index >= 15 is 0 Å². The molecule has 1 heterocycles. The number of esters is 1. The van der Waals surface area contributed by atoms with Gasteiger partial charge in [-0.25, -0.2) is 4.79 Å². The molecule has 1 aliphatic heterocycles. The fourth-order valence-electron chi connectivity index (χ4n) is 1.50. The van der Waals surface area contributed by atoms with Crippen molar-refractivity contribution in [2.45, 2.75) is 6.10 Å². The van der Waals surface area contributed by atoms with E-state index in [2.05, 4.69) is 0 Å². The lowest BCUT2D eigenvalue weighted by Gasteiger charge is -2.09. The summed E-state index contributed by atoms with van der Waals surface area (Å²) in [5.74, 6) is -0.288. The maximum atomic E-state index is 11.3. The molecule has 1 aliphatic rings. The monoisotopic (exact) mass is 212 g/mol. The van der Waals surface area contributed by atoms with Crippen LogP contribution in [-0.4, -0.2) is 18.6 Å². The van der Waals surface area contributed by atoms with Gasteiger partial charge in [0.1, 0.15) is 6.07 Å². The molecule has 0 spiro atoms. The zero-order valence-corrected chi connectivity index (χ0v) is 8.16. The molecule has 0 aliphatic carbocycles. The van der Waals surface area contributed by atoms with Gasteiger partial charge in [-0.1, -0.05) is 29.8 Å². The van der Waals surface area contributed by atoms with Crippen LogP contribution in [0.25, 0.3) is 0 Å². The molecule has 0 saturated carbocycles. The molecule has 4 heteroatoms. The fraction of sp³-hybridized carbons (Fsp3) is 0.300. The first kappa shape index (κ1) is 9.49. The molecule has 0 fully saturated rings. The van der Waals surface area contributed by atoms with Crippen LogP contribution in [0.1, 0.15) is 22.0 Å². The van der Waals surface area contributed by atoms with Crippen LogP contribution in [0.15, 0.2) is 24.3 Å². The van der Waals surface area contributed by atoms with Crippen molar-refractivity contribution in [3.63, 3.8) is 0 Å². The Morgan fingerprint density at radius 1 is 1.43 bits per heavy atom. The molecule has 1 aromatic carbocycles. The molecular weight excluding hydrogens is 204 g/mol. The summed E-state index contributed by atoms with van der Waals surface area (Å²) in [5.41, 5.74) is 1.50. The number of benzene rings is 1. The van der Waals surface area contributed by atoms with Gasteiger partial charge >= 0.3 is 5.97 Å². The van der Waals surface area contributed by atoms with Gasteiger partial charge in [0.05, 0.1) is 12.2 Å². The Bertz CT molecular complexity index is 351. The van der Waals surface area contributed by atoms with Crippen molar-refractivity contribution in [3.8, 4) is 0 Å². The predicted octanol–water partition coefficient (Wildman–Crippen LogP) is 2.11. The molecule has 2 rings (SSSR count). The molecule has 0 bridgehead atoms. The topological polar surface area (TPSA) is 35.5 Å². The van der Waals surface area contributed by atoms with Crippen molar-refractivity contribution < 1.29 is 14.3 Å². The van der Waals surface area contributed by atoms with Crippen LogP contribution in [0.3, 0.4) is 0 Å². The van der Waals surface area contributed by atoms with Gasteiger partial charge < -0.3 is 9.47 Å². The van der Waals surface area contributed by atoms with Gasteiger partial charge in [0.25, 0.3) is 0 Å². The van der Waals surface area contributed by atoms with Crippen molar-refractivity contribution in [3.05, 3.63) is 35.4 Å². The highest BCUT2D eigenvalue weighted by molar-refractivity contribution is 6.17. The molecule has 1 atom stereocenters. The third kappa shape index (κ3) is 1.61. The molecule has 0 N–H and O–H groups in total. The van der Waals surface area contributed by atoms with Crippen LogP contribution in [-0.2, 0) is 9.47 Å². The van der Waals surface area contributed by atoms with Crippen molar-refractivity contribution in [2.24, 2.45) is 0 Å². The molecule has 1 aromatic rings. The maximum Gasteiger partial charge on any atom is 0.339 e. The second kappa shape index (κ2) is 3.98. The van der Waals surface area contributed by atoms with E-state index in [-0.39, 0.29) is 18.1 Å². The lowest BCUT2D eigenvalue weighted by atomic mass is 10.1. The van der Waals surface area contributed by atoms with Crippen molar-refractivity contribution in [1.82, 2.24) is 0 Å². The van der Waals surface area contributed by atoms with E-state index in [9.17, 15) is 4.79 Å². The number of carbonyl (C=O) groups excluding carboxylic acids is 1. The zero-order chi connectivity index (χ0) is 9.97. The standard InChI is InChI=1S/C10H9ClO3/c11-6-13-5-9-7-3-1-2-4-8(7)10(12)14-9/h1-4,9H,5-6H2. The fourth-order valence-corrected chi connectivity index (χ4v) is 1.58. The summed E-state index contributed by atoms with van der Waals surface area (Å²) in [6.07, 6.45) is -0.308. The van der Waals surface area contributed by atoms with Crippen molar-refractivity contribution in [1.29, 1.82) is 0 Å². The molecule has 0 amide bonds. The lowest BCUT2D eigenvalue weighted by Crippen LogP contribution is -2.06. The minimum absolute atomic E-state index is 0.107. The van der Waals surface area contributed by atoms with Crippen LogP contribution in [0.5, 0.6) is 0 Å². The summed E-state index contributed by atoms with van der Waals surface area (Å²) in [6.45, 7) is 0.312. The van der Waals surface area contributed by atoms with E-state index in [1.165, 1.54) is 0 Å². The highest BCUT2D eigenvalue weighted by atomic mass is 35.5. The minimum Gasteiger partial charge on any atom is -0.451 e. The number of hydrogen-bond donors (Lipinski definition) is 0. The summed E-state index contributed by atoms with van der Waals surface area (Å²) < 4.78 is 10.1. The number of alkyl halides is 1. The molecule has 3 nitrogen and oxygen atoms in total. The summed E-state index contributed by atoms with van der Waals surface area (Å²) in [6, 6.07) is 7.40. The number of rotatable bonds is 3.